The summed E-state index contributed by atoms with van der Waals surface area (Å²) in [6, 6.07) is 0. The third-order valence-corrected chi connectivity index (χ3v) is 1.11. The Balaban J connectivity index is 2.51. The molecule has 1 aliphatic carbocycles. The summed E-state index contributed by atoms with van der Waals surface area (Å²) in [5.74, 6) is 0. The summed E-state index contributed by atoms with van der Waals surface area (Å²) in [5.41, 5.74) is 0. The van der Waals surface area contributed by atoms with Crippen molar-refractivity contribution in [2.45, 2.75) is 12.8 Å². The van der Waals surface area contributed by atoms with Crippen LogP contribution in [0.15, 0.2) is 36.5 Å². The van der Waals surface area contributed by atoms with Crippen LogP contribution in [0.3, 0.4) is 0 Å². The highest BCUT2D eigenvalue weighted by Gasteiger charge is 1.75. The highest BCUT2D eigenvalue weighted by Crippen LogP contribution is 1.96. The van der Waals surface area contributed by atoms with Gasteiger partial charge in [-0.1, -0.05) is 36.5 Å². The van der Waals surface area contributed by atoms with Crippen LogP contribution in [0, 0.1) is 0 Å². The Kier molecular flexibility index (Phi) is 2.18. The maximum absolute atomic E-state index is 2.18. The summed E-state index contributed by atoms with van der Waals surface area (Å²) >= 11 is 0. The summed E-state index contributed by atoms with van der Waals surface area (Å²) in [4.78, 5) is 0. The van der Waals surface area contributed by atoms with Crippen molar-refractivity contribution in [2.75, 3.05) is 0 Å². The molecular weight excluding hydrogens is 96.1 g/mol. The number of allylic oxidation sites excluding steroid dienone is 6. The van der Waals surface area contributed by atoms with Crippen molar-refractivity contribution in [2.24, 2.45) is 0 Å². The second-order valence-electron chi connectivity index (χ2n) is 1.82. The Labute approximate surface area is 50.2 Å². The molecule has 0 aliphatic heterocycles. The molecule has 1 aliphatic rings. The topological polar surface area (TPSA) is 0 Å². The fourth-order valence-electron chi connectivity index (χ4n) is 0.670. The van der Waals surface area contributed by atoms with Gasteiger partial charge in [0.2, 0.25) is 0 Å². The highest BCUT2D eigenvalue weighted by atomic mass is 13.8. The van der Waals surface area contributed by atoms with E-state index >= 15 is 0 Å². The minimum absolute atomic E-state index is 1.18. The SMILES string of the molecule is C1=C/C=C/CCC=C1. The molecule has 0 atom stereocenters. The van der Waals surface area contributed by atoms with Crippen LogP contribution in [-0.4, -0.2) is 0 Å². The predicted octanol–water partition coefficient (Wildman–Crippen LogP) is 2.45. The predicted molar refractivity (Wildman–Crippen MR) is 36.7 cm³/mol. The van der Waals surface area contributed by atoms with Crippen LogP contribution in [0.1, 0.15) is 12.8 Å². The van der Waals surface area contributed by atoms with Gasteiger partial charge in [0.15, 0.2) is 0 Å². The van der Waals surface area contributed by atoms with Crippen molar-refractivity contribution in [1.82, 2.24) is 0 Å². The fourth-order valence-corrected chi connectivity index (χ4v) is 0.670. The molecule has 0 saturated heterocycles. The van der Waals surface area contributed by atoms with Crippen molar-refractivity contribution >= 4 is 0 Å². The van der Waals surface area contributed by atoms with Gasteiger partial charge in [0.05, 0.1) is 0 Å². The average Bonchev–Trinajstić information content (AvgIpc) is 1.62. The lowest BCUT2D eigenvalue weighted by Gasteiger charge is -1.86. The van der Waals surface area contributed by atoms with E-state index in [1.165, 1.54) is 12.8 Å². The molecule has 0 aromatic carbocycles. The van der Waals surface area contributed by atoms with Gasteiger partial charge in [-0.05, 0) is 12.8 Å². The van der Waals surface area contributed by atoms with Gasteiger partial charge < -0.3 is 0 Å². The van der Waals surface area contributed by atoms with Crippen molar-refractivity contribution in [3.05, 3.63) is 36.5 Å². The van der Waals surface area contributed by atoms with Crippen LogP contribution >= 0.6 is 0 Å². The molecule has 0 aromatic rings. The van der Waals surface area contributed by atoms with E-state index in [4.69, 9.17) is 0 Å². The van der Waals surface area contributed by atoms with Crippen molar-refractivity contribution < 1.29 is 0 Å². The van der Waals surface area contributed by atoms with Gasteiger partial charge in [0.1, 0.15) is 0 Å². The molecule has 0 N–H and O–H groups in total. The zero-order valence-electron chi connectivity index (χ0n) is 4.88. The molecule has 0 radical (unpaired) electrons. The van der Waals surface area contributed by atoms with Crippen LogP contribution in [0.5, 0.6) is 0 Å². The molecule has 8 heavy (non-hydrogen) atoms. The fraction of sp³-hybridized carbons (Fsp3) is 0.250. The molecular formula is C8H10. The Morgan fingerprint density at radius 1 is 0.625 bits per heavy atom. The maximum atomic E-state index is 2.18. The average molecular weight is 106 g/mol. The molecule has 0 fully saturated rings. The minimum atomic E-state index is 1.18. The van der Waals surface area contributed by atoms with Crippen LogP contribution < -0.4 is 0 Å². The lowest BCUT2D eigenvalue weighted by molar-refractivity contribution is 1.05. The van der Waals surface area contributed by atoms with Crippen LogP contribution in [0.4, 0.5) is 0 Å². The first-order valence-corrected chi connectivity index (χ1v) is 2.98. The molecule has 0 amide bonds. The minimum Gasteiger partial charge on any atom is -0.0842 e. The maximum Gasteiger partial charge on any atom is -0.0313 e. The molecule has 0 bridgehead atoms. The molecule has 0 heterocycles. The van der Waals surface area contributed by atoms with E-state index in [1.54, 1.807) is 0 Å². The molecule has 0 heteroatoms. The lowest BCUT2D eigenvalue weighted by Crippen LogP contribution is -1.65. The van der Waals surface area contributed by atoms with E-state index in [9.17, 15) is 0 Å². The highest BCUT2D eigenvalue weighted by molar-refractivity contribution is 5.13. The van der Waals surface area contributed by atoms with Gasteiger partial charge in [-0.2, -0.15) is 0 Å². The first-order chi connectivity index (χ1) is 4.00. The van der Waals surface area contributed by atoms with Crippen molar-refractivity contribution in [1.29, 1.82) is 0 Å². The molecule has 0 nitrogen and oxygen atoms in total. The van der Waals surface area contributed by atoms with Crippen LogP contribution in [0.25, 0.3) is 0 Å². The van der Waals surface area contributed by atoms with E-state index in [0.29, 0.717) is 0 Å². The van der Waals surface area contributed by atoms with Gasteiger partial charge in [-0.3, -0.25) is 0 Å². The van der Waals surface area contributed by atoms with E-state index in [0.717, 1.165) is 0 Å². The Morgan fingerprint density at radius 3 is 1.62 bits per heavy atom. The number of rotatable bonds is 0. The van der Waals surface area contributed by atoms with E-state index in [-0.39, 0.29) is 0 Å². The van der Waals surface area contributed by atoms with Crippen LogP contribution in [0.2, 0.25) is 0 Å². The summed E-state index contributed by atoms with van der Waals surface area (Å²) in [6.07, 6.45) is 15.0. The standard InChI is InChI=1S/C8H10/c1-2-4-6-8-7-5-3-1/h1-6H,7-8H2/b2-1?,5-3+,6-4?. The molecule has 42 valence electrons. The molecule has 0 aromatic heterocycles. The number of hydrogen-bond donors (Lipinski definition) is 0. The van der Waals surface area contributed by atoms with Gasteiger partial charge in [0.25, 0.3) is 0 Å². The summed E-state index contributed by atoms with van der Waals surface area (Å²) in [5, 5.41) is 0. The van der Waals surface area contributed by atoms with Gasteiger partial charge >= 0.3 is 0 Å². The summed E-state index contributed by atoms with van der Waals surface area (Å²) in [6.45, 7) is 0. The zero-order chi connectivity index (χ0) is 5.66. The molecule has 0 spiro atoms. The summed E-state index contributed by atoms with van der Waals surface area (Å²) < 4.78 is 0. The first-order valence-electron chi connectivity index (χ1n) is 2.98. The van der Waals surface area contributed by atoms with Gasteiger partial charge in [-0.15, -0.1) is 0 Å². The van der Waals surface area contributed by atoms with Crippen LogP contribution in [-0.2, 0) is 0 Å². The molecule has 0 unspecified atom stereocenters. The Bertz CT molecular complexity index is 111. The monoisotopic (exact) mass is 106 g/mol. The quantitative estimate of drug-likeness (QED) is 0.445. The van der Waals surface area contributed by atoms with E-state index in [1.807, 2.05) is 0 Å². The normalized spacial score (nSPS) is 22.0. The summed E-state index contributed by atoms with van der Waals surface area (Å²) in [7, 11) is 0. The second kappa shape index (κ2) is 3.25. The lowest BCUT2D eigenvalue weighted by atomic mass is 10.2. The number of hydrogen-bond acceptors (Lipinski definition) is 0. The Hall–Kier alpha value is -0.780. The molecule has 0 saturated carbocycles. The van der Waals surface area contributed by atoms with Gasteiger partial charge in [0, 0.05) is 0 Å². The molecule has 1 rings (SSSR count). The van der Waals surface area contributed by atoms with Crippen molar-refractivity contribution in [3.63, 3.8) is 0 Å². The Morgan fingerprint density at radius 2 is 1.12 bits per heavy atom. The second-order valence-corrected chi connectivity index (χ2v) is 1.82. The first kappa shape index (κ1) is 5.36. The zero-order valence-corrected chi connectivity index (χ0v) is 4.88. The van der Waals surface area contributed by atoms with E-state index < -0.39 is 0 Å². The van der Waals surface area contributed by atoms with E-state index in [2.05, 4.69) is 36.5 Å². The largest absolute Gasteiger partial charge is 0.0842 e. The van der Waals surface area contributed by atoms with Gasteiger partial charge in [-0.25, -0.2) is 0 Å². The third kappa shape index (κ3) is 1.78. The smallest absolute Gasteiger partial charge is 0.0313 e. The van der Waals surface area contributed by atoms with Crippen molar-refractivity contribution in [3.8, 4) is 0 Å². The third-order valence-electron chi connectivity index (χ3n) is 1.11.